The highest BCUT2D eigenvalue weighted by Crippen LogP contribution is 2.24. The summed E-state index contributed by atoms with van der Waals surface area (Å²) in [5, 5.41) is 2.61. The Balaban J connectivity index is 2.13. The molecule has 2 rings (SSSR count). The minimum Gasteiger partial charge on any atom is -0.351 e. The molecule has 0 aliphatic carbocycles. The summed E-state index contributed by atoms with van der Waals surface area (Å²) in [6.45, 7) is 3.25. The van der Waals surface area contributed by atoms with Crippen LogP contribution in [0.1, 0.15) is 30.3 Å². The predicted octanol–water partition coefficient (Wildman–Crippen LogP) is 2.56. The van der Waals surface area contributed by atoms with Crippen molar-refractivity contribution in [1.29, 1.82) is 0 Å². The largest absolute Gasteiger partial charge is 0.351 e. The van der Waals surface area contributed by atoms with Gasteiger partial charge in [0, 0.05) is 23.4 Å². The Morgan fingerprint density at radius 3 is 2.61 bits per heavy atom. The fraction of sp³-hybridized carbons (Fsp3) is 0.267. The molecule has 2 aromatic rings. The van der Waals surface area contributed by atoms with Crippen LogP contribution in [0.4, 0.5) is 4.39 Å². The van der Waals surface area contributed by atoms with Gasteiger partial charge in [0.05, 0.1) is 6.54 Å². The molecule has 0 radical (unpaired) electrons. The Hall–Kier alpha value is -1.77. The Labute approximate surface area is 138 Å². The van der Waals surface area contributed by atoms with E-state index in [4.69, 9.17) is 0 Å². The summed E-state index contributed by atoms with van der Waals surface area (Å²) in [6.07, 6.45) is 0. The molecule has 23 heavy (non-hydrogen) atoms. The first-order valence-electron chi connectivity index (χ1n) is 6.89. The monoisotopic (exact) mass is 356 g/mol. The van der Waals surface area contributed by atoms with Gasteiger partial charge in [-0.15, -0.1) is 11.3 Å². The number of carbonyl (C=O) groups excluding carboxylic acids is 1. The Bertz CT molecular complexity index is 803. The number of hydrogen-bond acceptors (Lipinski definition) is 4. The molecule has 1 unspecified atom stereocenters. The van der Waals surface area contributed by atoms with E-state index in [-0.39, 0.29) is 22.2 Å². The van der Waals surface area contributed by atoms with E-state index in [1.165, 1.54) is 19.1 Å². The van der Waals surface area contributed by atoms with E-state index >= 15 is 0 Å². The second-order valence-electron chi connectivity index (χ2n) is 4.99. The Morgan fingerprint density at radius 2 is 1.96 bits per heavy atom. The molecule has 8 heteroatoms. The smallest absolute Gasteiger partial charge is 0.250 e. The summed E-state index contributed by atoms with van der Waals surface area (Å²) >= 11 is 1.06. The number of carbonyl (C=O) groups is 1. The van der Waals surface area contributed by atoms with Crippen molar-refractivity contribution in [2.45, 2.75) is 30.6 Å². The van der Waals surface area contributed by atoms with Crippen LogP contribution in [0.5, 0.6) is 0 Å². The third-order valence-electron chi connectivity index (χ3n) is 3.12. The SMILES string of the molecule is CC(=O)NCc1ccc(S(=O)(=O)NC(C)c2ccccc2F)s1. The Kier molecular flexibility index (Phi) is 5.51. The molecular weight excluding hydrogens is 339 g/mol. The second kappa shape index (κ2) is 7.20. The first-order valence-corrected chi connectivity index (χ1v) is 9.19. The van der Waals surface area contributed by atoms with Crippen LogP contribution in [0.3, 0.4) is 0 Å². The third kappa shape index (κ3) is 4.60. The van der Waals surface area contributed by atoms with Crippen LogP contribution in [-0.4, -0.2) is 14.3 Å². The summed E-state index contributed by atoms with van der Waals surface area (Å²) in [4.78, 5) is 11.6. The van der Waals surface area contributed by atoms with Crippen molar-refractivity contribution >= 4 is 27.3 Å². The third-order valence-corrected chi connectivity index (χ3v) is 6.23. The van der Waals surface area contributed by atoms with Crippen molar-refractivity contribution in [2.75, 3.05) is 0 Å². The quantitative estimate of drug-likeness (QED) is 0.835. The molecule has 1 aromatic heterocycles. The zero-order valence-electron chi connectivity index (χ0n) is 12.7. The van der Waals surface area contributed by atoms with E-state index in [1.54, 1.807) is 31.2 Å². The van der Waals surface area contributed by atoms with Crippen molar-refractivity contribution in [2.24, 2.45) is 0 Å². The van der Waals surface area contributed by atoms with Crippen LogP contribution in [0.15, 0.2) is 40.6 Å². The van der Waals surface area contributed by atoms with E-state index in [2.05, 4.69) is 10.0 Å². The highest BCUT2D eigenvalue weighted by molar-refractivity contribution is 7.91. The van der Waals surface area contributed by atoms with Gasteiger partial charge in [0.2, 0.25) is 5.91 Å². The lowest BCUT2D eigenvalue weighted by molar-refractivity contribution is -0.119. The average molecular weight is 356 g/mol. The highest BCUT2D eigenvalue weighted by atomic mass is 32.2. The van der Waals surface area contributed by atoms with E-state index in [0.29, 0.717) is 0 Å². The predicted molar refractivity (Wildman–Crippen MR) is 87.0 cm³/mol. The molecule has 5 nitrogen and oxygen atoms in total. The molecule has 1 amide bonds. The van der Waals surface area contributed by atoms with Crippen molar-refractivity contribution in [1.82, 2.24) is 10.0 Å². The number of nitrogens with one attached hydrogen (secondary N) is 2. The van der Waals surface area contributed by atoms with Crippen LogP contribution in [0.2, 0.25) is 0 Å². The zero-order valence-corrected chi connectivity index (χ0v) is 14.3. The summed E-state index contributed by atoms with van der Waals surface area (Å²) in [5.41, 5.74) is 0.283. The molecule has 1 atom stereocenters. The topological polar surface area (TPSA) is 75.3 Å². The maximum Gasteiger partial charge on any atom is 0.250 e. The number of benzene rings is 1. The molecular formula is C15H17FN2O3S2. The first-order chi connectivity index (χ1) is 10.8. The van der Waals surface area contributed by atoms with E-state index in [0.717, 1.165) is 16.2 Å². The first kappa shape index (κ1) is 17.6. The molecule has 0 aliphatic rings. The fourth-order valence-electron chi connectivity index (χ4n) is 1.99. The van der Waals surface area contributed by atoms with Gasteiger partial charge < -0.3 is 5.32 Å². The Morgan fingerprint density at radius 1 is 1.26 bits per heavy atom. The second-order valence-corrected chi connectivity index (χ2v) is 8.10. The number of thiophene rings is 1. The van der Waals surface area contributed by atoms with Gasteiger partial charge in [-0.25, -0.2) is 17.5 Å². The number of hydrogen-bond donors (Lipinski definition) is 2. The van der Waals surface area contributed by atoms with Gasteiger partial charge >= 0.3 is 0 Å². The molecule has 0 saturated heterocycles. The summed E-state index contributed by atoms with van der Waals surface area (Å²) in [6, 6.07) is 8.45. The normalized spacial score (nSPS) is 12.8. The molecule has 0 saturated carbocycles. The van der Waals surface area contributed by atoms with Crippen molar-refractivity contribution in [3.05, 3.63) is 52.7 Å². The van der Waals surface area contributed by atoms with Gasteiger partial charge in [-0.2, -0.15) is 0 Å². The standard InChI is InChI=1S/C15H17FN2O3S2/c1-10(13-5-3-4-6-14(13)16)18-23(20,21)15-8-7-12(22-15)9-17-11(2)19/h3-8,10,18H,9H2,1-2H3,(H,17,19). The highest BCUT2D eigenvalue weighted by Gasteiger charge is 2.21. The minimum absolute atomic E-state index is 0.126. The maximum atomic E-state index is 13.7. The van der Waals surface area contributed by atoms with E-state index < -0.39 is 21.9 Å². The van der Waals surface area contributed by atoms with Crippen molar-refractivity contribution in [3.8, 4) is 0 Å². The van der Waals surface area contributed by atoms with Gasteiger partial charge in [-0.3, -0.25) is 4.79 Å². The van der Waals surface area contributed by atoms with Crippen LogP contribution < -0.4 is 10.0 Å². The van der Waals surface area contributed by atoms with E-state index in [1.807, 2.05) is 0 Å². The minimum atomic E-state index is -3.75. The molecule has 0 spiro atoms. The maximum absolute atomic E-state index is 13.7. The van der Waals surface area contributed by atoms with Crippen LogP contribution in [0.25, 0.3) is 0 Å². The number of sulfonamides is 1. The lowest BCUT2D eigenvalue weighted by atomic mass is 10.1. The van der Waals surface area contributed by atoms with Crippen molar-refractivity contribution < 1.29 is 17.6 Å². The van der Waals surface area contributed by atoms with Gasteiger partial charge in [-0.05, 0) is 25.1 Å². The molecule has 1 heterocycles. The van der Waals surface area contributed by atoms with Crippen LogP contribution in [-0.2, 0) is 21.4 Å². The number of amides is 1. The van der Waals surface area contributed by atoms with Crippen molar-refractivity contribution in [3.63, 3.8) is 0 Å². The number of rotatable bonds is 6. The van der Waals surface area contributed by atoms with Gasteiger partial charge in [0.1, 0.15) is 10.0 Å². The van der Waals surface area contributed by atoms with Crippen LogP contribution in [0, 0.1) is 5.82 Å². The zero-order chi connectivity index (χ0) is 17.0. The lowest BCUT2D eigenvalue weighted by Gasteiger charge is -2.14. The van der Waals surface area contributed by atoms with Gasteiger partial charge in [-0.1, -0.05) is 18.2 Å². The molecule has 124 valence electrons. The van der Waals surface area contributed by atoms with Gasteiger partial charge in [0.15, 0.2) is 0 Å². The molecule has 2 N–H and O–H groups in total. The fourth-order valence-corrected chi connectivity index (χ4v) is 4.52. The summed E-state index contributed by atoms with van der Waals surface area (Å²) < 4.78 is 41.1. The molecule has 0 fully saturated rings. The molecule has 0 aliphatic heterocycles. The lowest BCUT2D eigenvalue weighted by Crippen LogP contribution is -2.26. The molecule has 1 aromatic carbocycles. The van der Waals surface area contributed by atoms with Gasteiger partial charge in [0.25, 0.3) is 10.0 Å². The van der Waals surface area contributed by atoms with Crippen LogP contribution >= 0.6 is 11.3 Å². The number of halogens is 1. The van der Waals surface area contributed by atoms with E-state index in [9.17, 15) is 17.6 Å². The molecule has 0 bridgehead atoms. The summed E-state index contributed by atoms with van der Waals surface area (Å²) in [7, 11) is -3.75. The average Bonchev–Trinajstić information content (AvgIpc) is 2.94. The summed E-state index contributed by atoms with van der Waals surface area (Å²) in [5.74, 6) is -0.644.